The van der Waals surface area contributed by atoms with Crippen molar-refractivity contribution < 1.29 is 0 Å². The number of aromatic nitrogens is 3. The molecule has 2 aromatic rings. The van der Waals surface area contributed by atoms with Gasteiger partial charge in [-0.2, -0.15) is 4.98 Å². The Balaban J connectivity index is 2.19. The van der Waals surface area contributed by atoms with Crippen LogP contribution in [-0.2, 0) is 7.05 Å². The molecule has 14 heavy (non-hydrogen) atoms. The fraction of sp³-hybridized carbons (Fsp3) is 0.200. The molecule has 1 aromatic heterocycles. The molecule has 0 aliphatic carbocycles. The van der Waals surface area contributed by atoms with E-state index >= 15 is 0 Å². The first-order valence-corrected chi connectivity index (χ1v) is 4.45. The predicted molar refractivity (Wildman–Crippen MR) is 55.5 cm³/mol. The molecule has 0 spiro atoms. The van der Waals surface area contributed by atoms with Gasteiger partial charge in [0.05, 0.1) is 0 Å². The highest BCUT2D eigenvalue weighted by Crippen LogP contribution is 2.11. The molecule has 0 atom stereocenters. The summed E-state index contributed by atoms with van der Waals surface area (Å²) in [7, 11) is 1.87. The zero-order valence-electron chi connectivity index (χ0n) is 8.23. The second-order valence-corrected chi connectivity index (χ2v) is 3.10. The molecule has 0 saturated carbocycles. The number of aryl methyl sites for hydroxylation is 2. The number of nitrogens with one attached hydrogen (secondary N) is 1. The molecule has 0 saturated heterocycles. The summed E-state index contributed by atoms with van der Waals surface area (Å²) in [5.74, 6) is 1.53. The number of rotatable bonds is 2. The van der Waals surface area contributed by atoms with Crippen molar-refractivity contribution in [3.8, 4) is 0 Å². The van der Waals surface area contributed by atoms with Gasteiger partial charge in [-0.3, -0.25) is 4.68 Å². The SMILES string of the molecule is Cc1nc(Nc2ccccc2)nn1C. The number of anilines is 2. The van der Waals surface area contributed by atoms with Crippen molar-refractivity contribution in [1.82, 2.24) is 14.8 Å². The van der Waals surface area contributed by atoms with Crippen molar-refractivity contribution in [3.05, 3.63) is 36.2 Å². The Hall–Kier alpha value is -1.84. The second-order valence-electron chi connectivity index (χ2n) is 3.10. The lowest BCUT2D eigenvalue weighted by Crippen LogP contribution is -1.94. The maximum Gasteiger partial charge on any atom is 0.246 e. The van der Waals surface area contributed by atoms with Crippen LogP contribution in [0.1, 0.15) is 5.82 Å². The van der Waals surface area contributed by atoms with E-state index in [1.165, 1.54) is 0 Å². The third kappa shape index (κ3) is 1.74. The first-order chi connectivity index (χ1) is 6.75. The van der Waals surface area contributed by atoms with Crippen molar-refractivity contribution in [2.45, 2.75) is 6.92 Å². The topological polar surface area (TPSA) is 42.7 Å². The minimum Gasteiger partial charge on any atom is -0.323 e. The molecule has 0 unspecified atom stereocenters. The maximum atomic E-state index is 4.25. The van der Waals surface area contributed by atoms with Crippen LogP contribution in [0.3, 0.4) is 0 Å². The van der Waals surface area contributed by atoms with Crippen molar-refractivity contribution in [2.24, 2.45) is 7.05 Å². The smallest absolute Gasteiger partial charge is 0.246 e. The van der Waals surface area contributed by atoms with Gasteiger partial charge in [-0.1, -0.05) is 18.2 Å². The van der Waals surface area contributed by atoms with Crippen LogP contribution in [-0.4, -0.2) is 14.8 Å². The summed E-state index contributed by atoms with van der Waals surface area (Å²) < 4.78 is 1.74. The number of hydrogen-bond acceptors (Lipinski definition) is 3. The van der Waals surface area contributed by atoms with E-state index in [2.05, 4.69) is 15.4 Å². The molecular weight excluding hydrogens is 176 g/mol. The standard InChI is InChI=1S/C10H12N4/c1-8-11-10(13-14(8)2)12-9-6-4-3-5-7-9/h3-7H,1-2H3,(H,12,13). The minimum absolute atomic E-state index is 0.635. The molecule has 4 heteroatoms. The van der Waals surface area contributed by atoms with E-state index in [4.69, 9.17) is 0 Å². The van der Waals surface area contributed by atoms with E-state index in [1.807, 2.05) is 44.3 Å². The normalized spacial score (nSPS) is 10.1. The molecule has 0 aliphatic heterocycles. The Labute approximate surface area is 82.6 Å². The molecule has 0 fully saturated rings. The van der Waals surface area contributed by atoms with E-state index in [9.17, 15) is 0 Å². The van der Waals surface area contributed by atoms with E-state index in [-0.39, 0.29) is 0 Å². The van der Waals surface area contributed by atoms with Gasteiger partial charge in [0.1, 0.15) is 5.82 Å². The van der Waals surface area contributed by atoms with Gasteiger partial charge in [0.2, 0.25) is 5.95 Å². The van der Waals surface area contributed by atoms with E-state index < -0.39 is 0 Å². The zero-order valence-corrected chi connectivity index (χ0v) is 8.23. The Morgan fingerprint density at radius 1 is 1.21 bits per heavy atom. The van der Waals surface area contributed by atoms with Crippen molar-refractivity contribution in [3.63, 3.8) is 0 Å². The highest BCUT2D eigenvalue weighted by molar-refractivity contribution is 5.52. The summed E-state index contributed by atoms with van der Waals surface area (Å²) in [6.45, 7) is 1.92. The van der Waals surface area contributed by atoms with Gasteiger partial charge in [0.15, 0.2) is 0 Å². The molecule has 0 aliphatic rings. The van der Waals surface area contributed by atoms with Gasteiger partial charge in [0.25, 0.3) is 0 Å². The Kier molecular flexibility index (Phi) is 2.18. The van der Waals surface area contributed by atoms with Gasteiger partial charge >= 0.3 is 0 Å². The number of para-hydroxylation sites is 1. The maximum absolute atomic E-state index is 4.25. The average Bonchev–Trinajstić information content (AvgIpc) is 2.47. The fourth-order valence-corrected chi connectivity index (χ4v) is 1.17. The number of benzene rings is 1. The van der Waals surface area contributed by atoms with Gasteiger partial charge < -0.3 is 5.32 Å². The zero-order chi connectivity index (χ0) is 9.97. The molecular formula is C10H12N4. The number of nitrogens with zero attached hydrogens (tertiary/aromatic N) is 3. The van der Waals surface area contributed by atoms with Crippen molar-refractivity contribution in [2.75, 3.05) is 5.32 Å². The van der Waals surface area contributed by atoms with Gasteiger partial charge in [-0.15, -0.1) is 5.10 Å². The van der Waals surface area contributed by atoms with Crippen LogP contribution in [0, 0.1) is 6.92 Å². The third-order valence-corrected chi connectivity index (χ3v) is 2.01. The van der Waals surface area contributed by atoms with Crippen LogP contribution in [0.5, 0.6) is 0 Å². The monoisotopic (exact) mass is 188 g/mol. The van der Waals surface area contributed by atoms with E-state index in [1.54, 1.807) is 4.68 Å². The average molecular weight is 188 g/mol. The summed E-state index contributed by atoms with van der Waals surface area (Å²) in [6.07, 6.45) is 0. The Morgan fingerprint density at radius 2 is 1.93 bits per heavy atom. The molecule has 1 aromatic carbocycles. The Bertz CT molecular complexity index is 399. The van der Waals surface area contributed by atoms with E-state index in [0.29, 0.717) is 5.95 Å². The largest absolute Gasteiger partial charge is 0.323 e. The quantitative estimate of drug-likeness (QED) is 0.782. The highest BCUT2D eigenvalue weighted by atomic mass is 15.4. The Morgan fingerprint density at radius 3 is 2.50 bits per heavy atom. The first kappa shape index (κ1) is 8.74. The first-order valence-electron chi connectivity index (χ1n) is 4.45. The van der Waals surface area contributed by atoms with Crippen LogP contribution in [0.15, 0.2) is 30.3 Å². The number of hydrogen-bond donors (Lipinski definition) is 1. The fourth-order valence-electron chi connectivity index (χ4n) is 1.17. The summed E-state index contributed by atoms with van der Waals surface area (Å²) in [5.41, 5.74) is 0.998. The summed E-state index contributed by atoms with van der Waals surface area (Å²) >= 11 is 0. The van der Waals surface area contributed by atoms with Crippen LogP contribution < -0.4 is 5.32 Å². The van der Waals surface area contributed by atoms with Crippen molar-refractivity contribution in [1.29, 1.82) is 0 Å². The molecule has 0 radical (unpaired) electrons. The summed E-state index contributed by atoms with van der Waals surface area (Å²) in [6, 6.07) is 9.87. The molecule has 4 nitrogen and oxygen atoms in total. The lowest BCUT2D eigenvalue weighted by Gasteiger charge is -1.99. The van der Waals surface area contributed by atoms with Crippen LogP contribution in [0.2, 0.25) is 0 Å². The van der Waals surface area contributed by atoms with Crippen LogP contribution >= 0.6 is 0 Å². The van der Waals surface area contributed by atoms with Gasteiger partial charge in [-0.05, 0) is 19.1 Å². The second kappa shape index (κ2) is 3.49. The molecule has 1 heterocycles. The highest BCUT2D eigenvalue weighted by Gasteiger charge is 2.01. The van der Waals surface area contributed by atoms with Gasteiger partial charge in [-0.25, -0.2) is 0 Å². The van der Waals surface area contributed by atoms with Crippen LogP contribution in [0.25, 0.3) is 0 Å². The minimum atomic E-state index is 0.635. The molecule has 2 rings (SSSR count). The third-order valence-electron chi connectivity index (χ3n) is 2.01. The summed E-state index contributed by atoms with van der Waals surface area (Å²) in [5, 5.41) is 7.32. The van der Waals surface area contributed by atoms with Crippen LogP contribution in [0.4, 0.5) is 11.6 Å². The predicted octanol–water partition coefficient (Wildman–Crippen LogP) is 1.87. The van der Waals surface area contributed by atoms with Gasteiger partial charge in [0, 0.05) is 12.7 Å². The molecule has 72 valence electrons. The molecule has 0 bridgehead atoms. The summed E-state index contributed by atoms with van der Waals surface area (Å²) in [4.78, 5) is 4.25. The lowest BCUT2D eigenvalue weighted by atomic mass is 10.3. The molecule has 1 N–H and O–H groups in total. The lowest BCUT2D eigenvalue weighted by molar-refractivity contribution is 0.736. The van der Waals surface area contributed by atoms with E-state index in [0.717, 1.165) is 11.5 Å². The van der Waals surface area contributed by atoms with Crippen molar-refractivity contribution >= 4 is 11.6 Å². The molecule has 0 amide bonds.